The van der Waals surface area contributed by atoms with Crippen LogP contribution in [0.1, 0.15) is 18.2 Å². The monoisotopic (exact) mass is 525 g/mol. The van der Waals surface area contributed by atoms with E-state index in [1.165, 1.54) is 0 Å². The number of ketones is 1. The number of carbonyl (C=O) groups is 1. The molecular weight excluding hydrogens is 509 g/mol. The minimum Gasteiger partial charge on any atom is -0.299 e. The molecule has 1 aromatic heterocycles. The number of hydrogen-bond acceptors (Lipinski definition) is 4. The summed E-state index contributed by atoms with van der Waals surface area (Å²) in [6.45, 7) is 1.60. The normalized spacial score (nSPS) is 11.5. The molecule has 0 aliphatic heterocycles. The standard InChI is InChI=1S/C22H18BrCl2NO3S/c1-2-30(28,29)19-7-3-15(4-8-19)22-20(24)10-14(11-21(22)25)9-18(27)12-17-6-5-16(23)13-26-17/h3-8,10-11,13H,2,9,12H2,1H3. The fourth-order valence-electron chi connectivity index (χ4n) is 3.00. The molecule has 30 heavy (non-hydrogen) atoms. The predicted octanol–water partition coefficient (Wildman–Crippen LogP) is 5.97. The van der Waals surface area contributed by atoms with Crippen LogP contribution >= 0.6 is 39.1 Å². The van der Waals surface area contributed by atoms with Gasteiger partial charge in [-0.3, -0.25) is 9.78 Å². The van der Waals surface area contributed by atoms with E-state index in [4.69, 9.17) is 23.2 Å². The van der Waals surface area contributed by atoms with Crippen molar-refractivity contribution in [3.8, 4) is 11.1 Å². The number of sulfone groups is 1. The molecule has 0 aliphatic rings. The predicted molar refractivity (Wildman–Crippen MR) is 124 cm³/mol. The van der Waals surface area contributed by atoms with Crippen molar-refractivity contribution in [2.24, 2.45) is 0 Å². The molecule has 2 aromatic carbocycles. The number of rotatable bonds is 7. The number of nitrogens with zero attached hydrogens (tertiary/aromatic N) is 1. The molecule has 0 atom stereocenters. The quantitative estimate of drug-likeness (QED) is 0.380. The van der Waals surface area contributed by atoms with Crippen LogP contribution in [0.3, 0.4) is 0 Å². The zero-order valence-electron chi connectivity index (χ0n) is 16.0. The Kier molecular flexibility index (Phi) is 7.34. The maximum Gasteiger partial charge on any atom is 0.178 e. The van der Waals surface area contributed by atoms with E-state index in [-0.39, 0.29) is 29.3 Å². The topological polar surface area (TPSA) is 64.1 Å². The third-order valence-electron chi connectivity index (χ3n) is 4.55. The Hall–Kier alpha value is -1.73. The van der Waals surface area contributed by atoms with Crippen molar-refractivity contribution in [1.29, 1.82) is 0 Å². The summed E-state index contributed by atoms with van der Waals surface area (Å²) in [6, 6.07) is 13.5. The van der Waals surface area contributed by atoms with Crippen molar-refractivity contribution in [2.75, 3.05) is 5.75 Å². The van der Waals surface area contributed by atoms with Crippen LogP contribution in [-0.2, 0) is 27.5 Å². The van der Waals surface area contributed by atoms with E-state index in [1.807, 2.05) is 6.07 Å². The second-order valence-electron chi connectivity index (χ2n) is 6.72. The molecule has 0 amide bonds. The average molecular weight is 527 g/mol. The number of benzene rings is 2. The minimum absolute atomic E-state index is 0.00108. The average Bonchev–Trinajstić information content (AvgIpc) is 2.69. The fraction of sp³-hybridized carbons (Fsp3) is 0.182. The molecular formula is C22H18BrCl2NO3S. The first-order valence-electron chi connectivity index (χ1n) is 9.13. The van der Waals surface area contributed by atoms with Gasteiger partial charge in [0.05, 0.1) is 20.7 Å². The summed E-state index contributed by atoms with van der Waals surface area (Å²) in [5.74, 6) is 0.0330. The minimum atomic E-state index is -3.28. The van der Waals surface area contributed by atoms with E-state index < -0.39 is 9.84 Å². The van der Waals surface area contributed by atoms with Gasteiger partial charge in [0, 0.05) is 34.8 Å². The van der Waals surface area contributed by atoms with Crippen molar-refractivity contribution in [3.05, 3.63) is 80.5 Å². The van der Waals surface area contributed by atoms with E-state index in [9.17, 15) is 13.2 Å². The van der Waals surface area contributed by atoms with Crippen LogP contribution in [0, 0.1) is 0 Å². The van der Waals surface area contributed by atoms with Gasteiger partial charge < -0.3 is 0 Å². The molecule has 0 unspecified atom stereocenters. The van der Waals surface area contributed by atoms with Crippen molar-refractivity contribution in [2.45, 2.75) is 24.7 Å². The molecule has 3 rings (SSSR count). The molecule has 4 nitrogen and oxygen atoms in total. The first kappa shape index (κ1) is 22.9. The van der Waals surface area contributed by atoms with Gasteiger partial charge in [-0.25, -0.2) is 8.42 Å². The zero-order valence-corrected chi connectivity index (χ0v) is 19.9. The number of hydrogen-bond donors (Lipinski definition) is 0. The highest BCUT2D eigenvalue weighted by Gasteiger charge is 2.15. The van der Waals surface area contributed by atoms with Crippen LogP contribution in [0.15, 0.2) is 64.1 Å². The van der Waals surface area contributed by atoms with Gasteiger partial charge in [-0.1, -0.05) is 42.3 Å². The van der Waals surface area contributed by atoms with Crippen molar-refractivity contribution >= 4 is 54.8 Å². The van der Waals surface area contributed by atoms with Gasteiger partial charge in [0.2, 0.25) is 0 Å². The zero-order chi connectivity index (χ0) is 21.9. The summed E-state index contributed by atoms with van der Waals surface area (Å²) < 4.78 is 24.8. The second-order valence-corrected chi connectivity index (χ2v) is 10.7. The molecule has 0 spiro atoms. The number of aromatic nitrogens is 1. The fourth-order valence-corrected chi connectivity index (χ4v) is 4.87. The van der Waals surface area contributed by atoms with Gasteiger partial charge in [0.15, 0.2) is 9.84 Å². The van der Waals surface area contributed by atoms with Gasteiger partial charge in [-0.15, -0.1) is 0 Å². The molecule has 3 aromatic rings. The summed E-state index contributed by atoms with van der Waals surface area (Å²) in [4.78, 5) is 16.9. The van der Waals surface area contributed by atoms with E-state index in [0.717, 1.165) is 4.47 Å². The molecule has 0 saturated carbocycles. The molecule has 156 valence electrons. The van der Waals surface area contributed by atoms with E-state index in [0.29, 0.717) is 32.4 Å². The smallest absolute Gasteiger partial charge is 0.178 e. The lowest BCUT2D eigenvalue weighted by Crippen LogP contribution is -2.08. The van der Waals surface area contributed by atoms with E-state index in [1.54, 1.807) is 55.6 Å². The Morgan fingerprint density at radius 3 is 2.17 bits per heavy atom. The molecule has 0 radical (unpaired) electrons. The van der Waals surface area contributed by atoms with Crippen LogP contribution in [0.2, 0.25) is 10.0 Å². The van der Waals surface area contributed by atoms with Crippen molar-refractivity contribution < 1.29 is 13.2 Å². The Morgan fingerprint density at radius 1 is 1.00 bits per heavy atom. The highest BCUT2D eigenvalue weighted by Crippen LogP contribution is 2.36. The summed E-state index contributed by atoms with van der Waals surface area (Å²) in [7, 11) is -3.28. The lowest BCUT2D eigenvalue weighted by molar-refractivity contribution is -0.117. The first-order valence-corrected chi connectivity index (χ1v) is 12.3. The SMILES string of the molecule is CCS(=O)(=O)c1ccc(-c2c(Cl)cc(CC(=O)Cc3ccc(Br)cn3)cc2Cl)cc1. The lowest BCUT2D eigenvalue weighted by Gasteiger charge is -2.11. The van der Waals surface area contributed by atoms with Crippen LogP contribution in [0.25, 0.3) is 11.1 Å². The van der Waals surface area contributed by atoms with Crippen LogP contribution in [0.5, 0.6) is 0 Å². The van der Waals surface area contributed by atoms with Crippen molar-refractivity contribution in [3.63, 3.8) is 0 Å². The molecule has 0 fully saturated rings. The number of pyridine rings is 1. The van der Waals surface area contributed by atoms with Gasteiger partial charge >= 0.3 is 0 Å². The molecule has 0 aliphatic carbocycles. The van der Waals surface area contributed by atoms with Gasteiger partial charge in [0.1, 0.15) is 5.78 Å². The summed E-state index contributed by atoms with van der Waals surface area (Å²) in [5, 5.41) is 0.802. The van der Waals surface area contributed by atoms with Gasteiger partial charge in [0.25, 0.3) is 0 Å². The van der Waals surface area contributed by atoms with Crippen LogP contribution in [0.4, 0.5) is 0 Å². The van der Waals surface area contributed by atoms with Crippen molar-refractivity contribution in [1.82, 2.24) is 4.98 Å². The Balaban J connectivity index is 1.80. The number of carbonyl (C=O) groups excluding carboxylic acids is 1. The summed E-state index contributed by atoms with van der Waals surface area (Å²) >= 11 is 16.2. The highest BCUT2D eigenvalue weighted by atomic mass is 79.9. The number of Topliss-reactive ketones (excluding diaryl/α,β-unsaturated/α-hetero) is 1. The Morgan fingerprint density at radius 2 is 1.63 bits per heavy atom. The van der Waals surface area contributed by atoms with Gasteiger partial charge in [-0.05, 0) is 63.5 Å². The van der Waals surface area contributed by atoms with Crippen LogP contribution < -0.4 is 0 Å². The second kappa shape index (κ2) is 9.60. The van der Waals surface area contributed by atoms with E-state index >= 15 is 0 Å². The Labute approximate surface area is 194 Å². The largest absolute Gasteiger partial charge is 0.299 e. The molecule has 8 heteroatoms. The summed E-state index contributed by atoms with van der Waals surface area (Å²) in [6.07, 6.45) is 2.06. The maximum absolute atomic E-state index is 12.4. The number of halogens is 3. The first-order chi connectivity index (χ1) is 14.2. The maximum atomic E-state index is 12.4. The van der Waals surface area contributed by atoms with Crippen LogP contribution in [-0.4, -0.2) is 24.9 Å². The third-order valence-corrected chi connectivity index (χ3v) is 7.37. The molecule has 0 bridgehead atoms. The highest BCUT2D eigenvalue weighted by molar-refractivity contribution is 9.10. The molecule has 0 N–H and O–H groups in total. The van der Waals surface area contributed by atoms with E-state index in [2.05, 4.69) is 20.9 Å². The third kappa shape index (κ3) is 5.49. The molecule has 0 saturated heterocycles. The lowest BCUT2D eigenvalue weighted by atomic mass is 10.0. The Bertz CT molecular complexity index is 1160. The summed E-state index contributed by atoms with van der Waals surface area (Å²) in [5.41, 5.74) is 2.71. The van der Waals surface area contributed by atoms with Gasteiger partial charge in [-0.2, -0.15) is 0 Å². The molecule has 1 heterocycles.